The van der Waals surface area contributed by atoms with Gasteiger partial charge in [0.05, 0.1) is 6.61 Å². The third kappa shape index (κ3) is 5.72. The average molecular weight is 442 g/mol. The number of carbonyl (C=O) groups is 1. The molecule has 2 heterocycles. The molecule has 0 spiro atoms. The maximum atomic E-state index is 12.6. The van der Waals surface area contributed by atoms with E-state index in [4.69, 9.17) is 16.3 Å². The van der Waals surface area contributed by atoms with Gasteiger partial charge >= 0.3 is 6.03 Å². The summed E-state index contributed by atoms with van der Waals surface area (Å²) >= 11 is 6.43. The Morgan fingerprint density at radius 2 is 1.84 bits per heavy atom. The Balaban J connectivity index is 1.24. The molecule has 2 aliphatic heterocycles. The van der Waals surface area contributed by atoms with Crippen LogP contribution in [0.25, 0.3) is 0 Å². The van der Waals surface area contributed by atoms with E-state index < -0.39 is 0 Å². The van der Waals surface area contributed by atoms with Crippen LogP contribution in [0.15, 0.2) is 48.5 Å². The fourth-order valence-electron chi connectivity index (χ4n) is 4.66. The van der Waals surface area contributed by atoms with Gasteiger partial charge in [0.1, 0.15) is 5.75 Å². The lowest BCUT2D eigenvalue weighted by molar-refractivity contribution is 0.162. The number of carbonyl (C=O) groups excluding carboxylic acids is 1. The Hall–Kier alpha value is -2.24. The second-order valence-electron chi connectivity index (χ2n) is 8.56. The highest BCUT2D eigenvalue weighted by atomic mass is 35.5. The summed E-state index contributed by atoms with van der Waals surface area (Å²) in [4.78, 5) is 16.9. The van der Waals surface area contributed by atoms with Gasteiger partial charge in [-0.2, -0.15) is 0 Å². The fraction of sp³-hybridized carbons (Fsp3) is 0.480. The molecule has 2 fully saturated rings. The molecule has 31 heavy (non-hydrogen) atoms. The molecule has 2 aromatic carbocycles. The number of anilines is 1. The first-order chi connectivity index (χ1) is 15.1. The SMILES string of the molecule is CCOc1ccc(Cl)c(CC2CCN(CC3CCN(c4ccccc4)C(=O)N3)CC2)c1. The van der Waals surface area contributed by atoms with E-state index in [1.807, 2.05) is 54.3 Å². The maximum Gasteiger partial charge on any atom is 0.322 e. The topological polar surface area (TPSA) is 44.8 Å². The molecule has 2 saturated heterocycles. The Bertz CT molecular complexity index is 868. The summed E-state index contributed by atoms with van der Waals surface area (Å²) in [6.45, 7) is 6.51. The number of amides is 2. The Morgan fingerprint density at radius 3 is 2.55 bits per heavy atom. The van der Waals surface area contributed by atoms with Crippen molar-refractivity contribution in [3.05, 3.63) is 59.1 Å². The minimum Gasteiger partial charge on any atom is -0.494 e. The number of piperidine rings is 1. The number of ether oxygens (including phenoxy) is 1. The Labute approximate surface area is 190 Å². The van der Waals surface area contributed by atoms with Gasteiger partial charge in [-0.15, -0.1) is 0 Å². The van der Waals surface area contributed by atoms with Crippen LogP contribution in [0, 0.1) is 5.92 Å². The van der Waals surface area contributed by atoms with Crippen LogP contribution >= 0.6 is 11.6 Å². The first kappa shape index (κ1) is 22.0. The number of benzene rings is 2. The highest BCUT2D eigenvalue weighted by Gasteiger charge is 2.28. The molecular formula is C25H32ClN3O2. The van der Waals surface area contributed by atoms with Crippen LogP contribution < -0.4 is 15.0 Å². The summed E-state index contributed by atoms with van der Waals surface area (Å²) in [7, 11) is 0. The molecule has 4 rings (SSSR count). The Morgan fingerprint density at radius 1 is 1.06 bits per heavy atom. The van der Waals surface area contributed by atoms with Gasteiger partial charge in [-0.25, -0.2) is 4.79 Å². The zero-order valence-electron chi connectivity index (χ0n) is 18.2. The number of rotatable bonds is 7. The highest BCUT2D eigenvalue weighted by Crippen LogP contribution is 2.29. The Kier molecular flexibility index (Phi) is 7.36. The zero-order chi connectivity index (χ0) is 21.6. The van der Waals surface area contributed by atoms with Crippen molar-refractivity contribution in [2.24, 2.45) is 5.92 Å². The van der Waals surface area contributed by atoms with E-state index in [9.17, 15) is 4.79 Å². The van der Waals surface area contributed by atoms with Crippen molar-refractivity contribution in [1.29, 1.82) is 0 Å². The average Bonchev–Trinajstić information content (AvgIpc) is 2.78. The van der Waals surface area contributed by atoms with Crippen molar-refractivity contribution in [2.45, 2.75) is 38.6 Å². The molecule has 0 saturated carbocycles. The third-order valence-electron chi connectivity index (χ3n) is 6.36. The number of halogens is 1. The molecule has 1 N–H and O–H groups in total. The van der Waals surface area contributed by atoms with Crippen LogP contribution in [0.2, 0.25) is 5.02 Å². The van der Waals surface area contributed by atoms with E-state index in [1.54, 1.807) is 0 Å². The standard InChI is InChI=1S/C25H32ClN3O2/c1-2-31-23-8-9-24(26)20(17-23)16-19-10-13-28(14-11-19)18-21-12-15-29(25(30)27-21)22-6-4-3-5-7-22/h3-9,17,19,21H,2,10-16,18H2,1H3,(H,27,30). The van der Waals surface area contributed by atoms with Crippen LogP contribution in [-0.2, 0) is 6.42 Å². The van der Waals surface area contributed by atoms with Gasteiger partial charge in [0.2, 0.25) is 0 Å². The summed E-state index contributed by atoms with van der Waals surface area (Å²) in [6, 6.07) is 16.1. The van der Waals surface area contributed by atoms with Gasteiger partial charge in [-0.1, -0.05) is 29.8 Å². The molecule has 0 bridgehead atoms. The van der Waals surface area contributed by atoms with Crippen LogP contribution in [0.3, 0.4) is 0 Å². The predicted molar refractivity (Wildman–Crippen MR) is 126 cm³/mol. The predicted octanol–water partition coefficient (Wildman–Crippen LogP) is 4.98. The lowest BCUT2D eigenvalue weighted by Gasteiger charge is -2.38. The van der Waals surface area contributed by atoms with Crippen LogP contribution in [0.4, 0.5) is 10.5 Å². The summed E-state index contributed by atoms with van der Waals surface area (Å²) in [6.07, 6.45) is 4.29. The molecule has 1 unspecified atom stereocenters. The number of hydrogen-bond acceptors (Lipinski definition) is 3. The fourth-order valence-corrected chi connectivity index (χ4v) is 4.86. The van der Waals surface area contributed by atoms with E-state index in [0.717, 1.165) is 68.3 Å². The molecule has 5 nitrogen and oxygen atoms in total. The molecule has 0 aromatic heterocycles. The number of likely N-dealkylation sites (tertiary alicyclic amines) is 1. The van der Waals surface area contributed by atoms with E-state index in [-0.39, 0.29) is 12.1 Å². The number of urea groups is 1. The van der Waals surface area contributed by atoms with Gasteiger partial charge in [-0.3, -0.25) is 4.90 Å². The zero-order valence-corrected chi connectivity index (χ0v) is 19.0. The van der Waals surface area contributed by atoms with Gasteiger partial charge in [0, 0.05) is 29.8 Å². The second-order valence-corrected chi connectivity index (χ2v) is 8.96. The summed E-state index contributed by atoms with van der Waals surface area (Å²) in [5.74, 6) is 1.54. The quantitative estimate of drug-likeness (QED) is 0.658. The summed E-state index contributed by atoms with van der Waals surface area (Å²) in [5.41, 5.74) is 2.15. The number of hydrogen-bond donors (Lipinski definition) is 1. The molecule has 2 aromatic rings. The summed E-state index contributed by atoms with van der Waals surface area (Å²) in [5, 5.41) is 4.04. The molecule has 2 amide bonds. The second kappa shape index (κ2) is 10.4. The van der Waals surface area contributed by atoms with Crippen molar-refractivity contribution < 1.29 is 9.53 Å². The van der Waals surface area contributed by atoms with E-state index in [2.05, 4.69) is 16.3 Å². The molecule has 1 atom stereocenters. The largest absolute Gasteiger partial charge is 0.494 e. The minimum atomic E-state index is 0.0150. The monoisotopic (exact) mass is 441 g/mol. The van der Waals surface area contributed by atoms with Gasteiger partial charge < -0.3 is 15.0 Å². The van der Waals surface area contributed by atoms with Gasteiger partial charge in [0.15, 0.2) is 0 Å². The molecule has 0 radical (unpaired) electrons. The minimum absolute atomic E-state index is 0.0150. The highest BCUT2D eigenvalue weighted by molar-refractivity contribution is 6.31. The van der Waals surface area contributed by atoms with Crippen molar-refractivity contribution in [3.63, 3.8) is 0 Å². The van der Waals surface area contributed by atoms with E-state index >= 15 is 0 Å². The van der Waals surface area contributed by atoms with Gasteiger partial charge in [-0.05, 0) is 87.5 Å². The van der Waals surface area contributed by atoms with Crippen molar-refractivity contribution in [3.8, 4) is 5.75 Å². The van der Waals surface area contributed by atoms with Gasteiger partial charge in [0.25, 0.3) is 0 Å². The summed E-state index contributed by atoms with van der Waals surface area (Å²) < 4.78 is 5.63. The van der Waals surface area contributed by atoms with Crippen molar-refractivity contribution in [1.82, 2.24) is 10.2 Å². The number of nitrogens with zero attached hydrogens (tertiary/aromatic N) is 2. The van der Waals surface area contributed by atoms with Crippen molar-refractivity contribution >= 4 is 23.3 Å². The molecule has 2 aliphatic rings. The first-order valence-electron chi connectivity index (χ1n) is 11.4. The van der Waals surface area contributed by atoms with Crippen LogP contribution in [0.5, 0.6) is 5.75 Å². The molecule has 6 heteroatoms. The number of para-hydroxylation sites is 1. The normalized spacial score (nSPS) is 20.5. The van der Waals surface area contributed by atoms with Crippen molar-refractivity contribution in [2.75, 3.05) is 37.7 Å². The molecule has 166 valence electrons. The lowest BCUT2D eigenvalue weighted by Crippen LogP contribution is -2.56. The van der Waals surface area contributed by atoms with E-state index in [0.29, 0.717) is 12.5 Å². The number of nitrogens with one attached hydrogen (secondary N) is 1. The van der Waals surface area contributed by atoms with E-state index in [1.165, 1.54) is 5.56 Å². The lowest BCUT2D eigenvalue weighted by atomic mass is 9.90. The van der Waals surface area contributed by atoms with Crippen LogP contribution in [-0.4, -0.2) is 49.8 Å². The first-order valence-corrected chi connectivity index (χ1v) is 11.8. The molecule has 0 aliphatic carbocycles. The maximum absolute atomic E-state index is 12.6. The van der Waals surface area contributed by atoms with Crippen LogP contribution in [0.1, 0.15) is 31.7 Å². The molecular weight excluding hydrogens is 410 g/mol. The smallest absolute Gasteiger partial charge is 0.322 e. The third-order valence-corrected chi connectivity index (χ3v) is 6.73.